The van der Waals surface area contributed by atoms with Crippen molar-refractivity contribution in [2.75, 3.05) is 37.7 Å². The number of piperazine rings is 1. The number of anilines is 1. The van der Waals surface area contributed by atoms with E-state index in [1.165, 1.54) is 5.69 Å². The summed E-state index contributed by atoms with van der Waals surface area (Å²) in [7, 11) is 0. The van der Waals surface area contributed by atoms with E-state index in [4.69, 9.17) is 9.15 Å². The van der Waals surface area contributed by atoms with Gasteiger partial charge in [-0.15, -0.1) is 0 Å². The summed E-state index contributed by atoms with van der Waals surface area (Å²) in [5.74, 6) is 0. The number of nitrogens with zero attached hydrogens (tertiary/aromatic N) is 2. The van der Waals surface area contributed by atoms with E-state index >= 15 is 0 Å². The molecule has 0 spiro atoms. The van der Waals surface area contributed by atoms with Crippen molar-refractivity contribution in [3.63, 3.8) is 0 Å². The fraction of sp³-hybridized carbons (Fsp3) is 0.389. The average molecular weight is 314 g/mol. The minimum absolute atomic E-state index is 0.417. The number of benzene rings is 1. The monoisotopic (exact) mass is 314 g/mol. The summed E-state index contributed by atoms with van der Waals surface area (Å²) in [6.45, 7) is 5.86. The SMILES string of the molecule is CCOC(C=O)N1CCN(c2cccc(-c3ccoc3)c2)CC1. The lowest BCUT2D eigenvalue weighted by atomic mass is 10.1. The molecule has 122 valence electrons. The van der Waals surface area contributed by atoms with Crippen LogP contribution in [0.1, 0.15) is 6.92 Å². The third-order valence-electron chi connectivity index (χ3n) is 4.19. The highest BCUT2D eigenvalue weighted by Crippen LogP contribution is 2.26. The van der Waals surface area contributed by atoms with Crippen LogP contribution in [0.4, 0.5) is 5.69 Å². The van der Waals surface area contributed by atoms with Crippen molar-refractivity contribution in [1.29, 1.82) is 0 Å². The molecule has 1 unspecified atom stereocenters. The van der Waals surface area contributed by atoms with Crippen LogP contribution in [-0.2, 0) is 9.53 Å². The van der Waals surface area contributed by atoms with Gasteiger partial charge in [-0.05, 0) is 30.7 Å². The normalized spacial score (nSPS) is 17.2. The molecule has 0 aliphatic carbocycles. The highest BCUT2D eigenvalue weighted by Gasteiger charge is 2.23. The number of aldehydes is 1. The first-order valence-electron chi connectivity index (χ1n) is 8.00. The second-order valence-electron chi connectivity index (χ2n) is 5.57. The number of hydrogen-bond acceptors (Lipinski definition) is 5. The topological polar surface area (TPSA) is 45.9 Å². The molecule has 5 nitrogen and oxygen atoms in total. The van der Waals surface area contributed by atoms with Gasteiger partial charge in [-0.3, -0.25) is 9.69 Å². The summed E-state index contributed by atoms with van der Waals surface area (Å²) in [5, 5.41) is 0. The van der Waals surface area contributed by atoms with Crippen LogP contribution >= 0.6 is 0 Å². The van der Waals surface area contributed by atoms with Crippen LogP contribution in [0, 0.1) is 0 Å². The van der Waals surface area contributed by atoms with Crippen LogP contribution in [0.15, 0.2) is 47.3 Å². The molecular weight excluding hydrogens is 292 g/mol. The minimum Gasteiger partial charge on any atom is -0.472 e. The number of carbonyl (C=O) groups excluding carboxylic acids is 1. The van der Waals surface area contributed by atoms with Crippen LogP contribution in [0.5, 0.6) is 0 Å². The summed E-state index contributed by atoms with van der Waals surface area (Å²) in [6, 6.07) is 10.4. The first kappa shape index (κ1) is 15.8. The van der Waals surface area contributed by atoms with Gasteiger partial charge in [-0.25, -0.2) is 0 Å². The minimum atomic E-state index is -0.417. The second kappa shape index (κ2) is 7.44. The lowest BCUT2D eigenvalue weighted by molar-refractivity contribution is -0.131. The quantitative estimate of drug-likeness (QED) is 0.767. The van der Waals surface area contributed by atoms with Gasteiger partial charge in [0.25, 0.3) is 0 Å². The fourth-order valence-electron chi connectivity index (χ4n) is 2.95. The molecule has 3 rings (SSSR count). The molecule has 0 amide bonds. The zero-order chi connectivity index (χ0) is 16.1. The van der Waals surface area contributed by atoms with Crippen LogP contribution in [0.2, 0.25) is 0 Å². The Kier molecular flexibility index (Phi) is 5.10. The molecule has 1 fully saturated rings. The van der Waals surface area contributed by atoms with Crippen molar-refractivity contribution in [2.45, 2.75) is 13.2 Å². The maximum atomic E-state index is 11.1. The van der Waals surface area contributed by atoms with Gasteiger partial charge in [-0.1, -0.05) is 12.1 Å². The number of rotatable bonds is 6. The molecule has 23 heavy (non-hydrogen) atoms. The molecule has 0 N–H and O–H groups in total. The van der Waals surface area contributed by atoms with Crippen molar-refractivity contribution in [2.24, 2.45) is 0 Å². The van der Waals surface area contributed by atoms with Crippen molar-refractivity contribution >= 4 is 12.0 Å². The Morgan fingerprint density at radius 1 is 1.22 bits per heavy atom. The summed E-state index contributed by atoms with van der Waals surface area (Å²) in [6.07, 6.45) is 3.92. The van der Waals surface area contributed by atoms with E-state index in [1.54, 1.807) is 12.5 Å². The highest BCUT2D eigenvalue weighted by molar-refractivity contribution is 5.67. The Bertz CT molecular complexity index is 619. The van der Waals surface area contributed by atoms with E-state index in [9.17, 15) is 4.79 Å². The van der Waals surface area contributed by atoms with Gasteiger partial charge in [-0.2, -0.15) is 0 Å². The maximum Gasteiger partial charge on any atom is 0.167 e. The Morgan fingerprint density at radius 2 is 2.04 bits per heavy atom. The van der Waals surface area contributed by atoms with E-state index in [1.807, 2.05) is 13.0 Å². The molecule has 0 radical (unpaired) electrons. The van der Waals surface area contributed by atoms with Gasteiger partial charge in [0, 0.05) is 44.0 Å². The van der Waals surface area contributed by atoms with E-state index in [0.29, 0.717) is 6.61 Å². The Labute approximate surface area is 136 Å². The third kappa shape index (κ3) is 3.63. The summed E-state index contributed by atoms with van der Waals surface area (Å²) in [4.78, 5) is 15.6. The van der Waals surface area contributed by atoms with Gasteiger partial charge >= 0.3 is 0 Å². The highest BCUT2D eigenvalue weighted by atomic mass is 16.5. The molecule has 0 bridgehead atoms. The van der Waals surface area contributed by atoms with Gasteiger partial charge < -0.3 is 14.1 Å². The Hall–Kier alpha value is -2.11. The van der Waals surface area contributed by atoms with E-state index < -0.39 is 6.23 Å². The lowest BCUT2D eigenvalue weighted by Crippen LogP contribution is -2.51. The zero-order valence-corrected chi connectivity index (χ0v) is 13.4. The predicted octanol–water partition coefficient (Wildman–Crippen LogP) is 2.63. The van der Waals surface area contributed by atoms with Gasteiger partial charge in [0.2, 0.25) is 0 Å². The van der Waals surface area contributed by atoms with Gasteiger partial charge in [0.1, 0.15) is 0 Å². The molecule has 1 aromatic heterocycles. The lowest BCUT2D eigenvalue weighted by Gasteiger charge is -2.38. The molecule has 0 saturated carbocycles. The largest absolute Gasteiger partial charge is 0.472 e. The summed E-state index contributed by atoms with van der Waals surface area (Å²) >= 11 is 0. The molecule has 2 aromatic rings. The van der Waals surface area contributed by atoms with Crippen LogP contribution in [0.3, 0.4) is 0 Å². The predicted molar refractivity (Wildman–Crippen MR) is 89.4 cm³/mol. The Balaban J connectivity index is 1.66. The van der Waals surface area contributed by atoms with Crippen molar-refractivity contribution in [1.82, 2.24) is 4.90 Å². The first-order valence-corrected chi connectivity index (χ1v) is 8.00. The van der Waals surface area contributed by atoms with Crippen LogP contribution in [-0.4, -0.2) is 50.2 Å². The molecule has 2 heterocycles. The van der Waals surface area contributed by atoms with Crippen molar-refractivity contribution < 1.29 is 13.9 Å². The van der Waals surface area contributed by atoms with Crippen LogP contribution < -0.4 is 4.90 Å². The number of carbonyl (C=O) groups is 1. The maximum absolute atomic E-state index is 11.1. The Morgan fingerprint density at radius 3 is 2.70 bits per heavy atom. The molecule has 1 aliphatic rings. The second-order valence-corrected chi connectivity index (χ2v) is 5.57. The van der Waals surface area contributed by atoms with Crippen LogP contribution in [0.25, 0.3) is 11.1 Å². The molecule has 1 atom stereocenters. The number of hydrogen-bond donors (Lipinski definition) is 0. The molecule has 1 aromatic carbocycles. The molecular formula is C18H22N2O3. The molecule has 1 saturated heterocycles. The number of furan rings is 1. The average Bonchev–Trinajstić information content (AvgIpc) is 3.15. The number of ether oxygens (including phenoxy) is 1. The van der Waals surface area contributed by atoms with Gasteiger partial charge in [0.05, 0.1) is 12.5 Å². The zero-order valence-electron chi connectivity index (χ0n) is 13.4. The van der Waals surface area contributed by atoms with E-state index in [2.05, 4.69) is 34.1 Å². The van der Waals surface area contributed by atoms with Crippen molar-refractivity contribution in [3.05, 3.63) is 42.9 Å². The fourth-order valence-corrected chi connectivity index (χ4v) is 2.95. The van der Waals surface area contributed by atoms with Crippen molar-refractivity contribution in [3.8, 4) is 11.1 Å². The first-order chi connectivity index (χ1) is 11.3. The van der Waals surface area contributed by atoms with Gasteiger partial charge in [0.15, 0.2) is 12.5 Å². The van der Waals surface area contributed by atoms with E-state index in [-0.39, 0.29) is 0 Å². The molecule has 5 heteroatoms. The van der Waals surface area contributed by atoms with E-state index in [0.717, 1.165) is 43.6 Å². The standard InChI is InChI=1S/C18H22N2O3/c1-2-23-18(13-21)20-9-7-19(8-10-20)17-5-3-4-15(12-17)16-6-11-22-14-16/h3-6,11-14,18H,2,7-10H2,1H3. The smallest absolute Gasteiger partial charge is 0.167 e. The molecule has 1 aliphatic heterocycles. The summed E-state index contributed by atoms with van der Waals surface area (Å²) in [5.41, 5.74) is 3.43. The third-order valence-corrected chi connectivity index (χ3v) is 4.19. The summed E-state index contributed by atoms with van der Waals surface area (Å²) < 4.78 is 10.6.